The van der Waals surface area contributed by atoms with Crippen LogP contribution >= 0.6 is 0 Å². The van der Waals surface area contributed by atoms with Crippen LogP contribution in [0.5, 0.6) is 0 Å². The van der Waals surface area contributed by atoms with Crippen LogP contribution in [-0.4, -0.2) is 20.2 Å². The molecule has 0 saturated carbocycles. The molecule has 108 valence electrons. The molecule has 2 aromatic heterocycles. The fourth-order valence-electron chi connectivity index (χ4n) is 1.82. The highest BCUT2D eigenvalue weighted by molar-refractivity contribution is 5.50. The van der Waals surface area contributed by atoms with E-state index in [-0.39, 0.29) is 5.89 Å². The molecule has 0 amide bonds. The molecule has 2 heterocycles. The Balaban J connectivity index is 1.68. The number of hydrogen-bond acceptors (Lipinski definition) is 7. The van der Waals surface area contributed by atoms with Crippen LogP contribution in [0.2, 0.25) is 0 Å². The van der Waals surface area contributed by atoms with Crippen LogP contribution < -0.4 is 11.1 Å². The lowest BCUT2D eigenvalue weighted by atomic mass is 10.1. The Kier molecular flexibility index (Phi) is 3.61. The van der Waals surface area contributed by atoms with Gasteiger partial charge in [0.25, 0.3) is 5.89 Å². The molecule has 0 aliphatic rings. The number of rotatable bonds is 4. The van der Waals surface area contributed by atoms with E-state index in [1.807, 2.05) is 12.1 Å². The van der Waals surface area contributed by atoms with Crippen LogP contribution in [-0.2, 0) is 6.54 Å². The van der Waals surface area contributed by atoms with E-state index in [1.165, 1.54) is 12.4 Å². The fourth-order valence-corrected chi connectivity index (χ4v) is 1.82. The standard InChI is InChI=1S/C14H10N6O2/c15-5-9-2-1-3-10(4-9)6-16-13-17-7-11(8-18-13)12-19-20-14(21)22-12/h1-4,7-8H,6H2,(H,20,21)(H,16,17,18). The highest BCUT2D eigenvalue weighted by Gasteiger charge is 2.06. The first-order valence-corrected chi connectivity index (χ1v) is 6.35. The second-order valence-corrected chi connectivity index (χ2v) is 4.38. The predicted octanol–water partition coefficient (Wildman–Crippen LogP) is 1.30. The second-order valence-electron chi connectivity index (χ2n) is 4.38. The molecular formula is C14H10N6O2. The average molecular weight is 294 g/mol. The summed E-state index contributed by atoms with van der Waals surface area (Å²) in [6.45, 7) is 0.492. The molecule has 0 saturated heterocycles. The Hall–Kier alpha value is -3.47. The third-order valence-corrected chi connectivity index (χ3v) is 2.84. The Labute approximate surface area is 124 Å². The van der Waals surface area contributed by atoms with E-state index in [4.69, 9.17) is 9.68 Å². The Morgan fingerprint density at radius 1 is 1.32 bits per heavy atom. The maximum atomic E-state index is 10.9. The van der Waals surface area contributed by atoms with E-state index in [1.54, 1.807) is 12.1 Å². The van der Waals surface area contributed by atoms with Crippen LogP contribution in [0.3, 0.4) is 0 Å². The number of aromatic nitrogens is 4. The van der Waals surface area contributed by atoms with Gasteiger partial charge in [-0.2, -0.15) is 5.26 Å². The lowest BCUT2D eigenvalue weighted by Crippen LogP contribution is -2.03. The third kappa shape index (κ3) is 2.99. The van der Waals surface area contributed by atoms with Gasteiger partial charge in [0.1, 0.15) is 0 Å². The van der Waals surface area contributed by atoms with E-state index < -0.39 is 5.76 Å². The molecule has 0 bridgehead atoms. The molecule has 0 atom stereocenters. The summed E-state index contributed by atoms with van der Waals surface area (Å²) in [5.41, 5.74) is 2.05. The molecule has 2 N–H and O–H groups in total. The quantitative estimate of drug-likeness (QED) is 0.744. The van der Waals surface area contributed by atoms with Crippen LogP contribution in [0.25, 0.3) is 11.5 Å². The van der Waals surface area contributed by atoms with E-state index in [2.05, 4.69) is 31.6 Å². The number of H-pyrrole nitrogens is 1. The van der Waals surface area contributed by atoms with E-state index in [9.17, 15) is 4.79 Å². The molecule has 3 rings (SSSR count). The predicted molar refractivity (Wildman–Crippen MR) is 76.6 cm³/mol. The van der Waals surface area contributed by atoms with Gasteiger partial charge in [-0.25, -0.2) is 19.9 Å². The largest absolute Gasteiger partial charge is 0.434 e. The molecule has 0 aliphatic heterocycles. The SMILES string of the molecule is N#Cc1cccc(CNc2ncc(-c3n[nH]c(=O)o3)cn2)c1. The number of anilines is 1. The van der Waals surface area contributed by atoms with Crippen LogP contribution in [0.4, 0.5) is 5.95 Å². The molecule has 3 aromatic rings. The molecule has 0 radical (unpaired) electrons. The van der Waals surface area contributed by atoms with Gasteiger partial charge in [0.15, 0.2) is 0 Å². The molecule has 0 fully saturated rings. The van der Waals surface area contributed by atoms with Crippen molar-refractivity contribution < 1.29 is 4.42 Å². The van der Waals surface area contributed by atoms with Crippen molar-refractivity contribution in [3.05, 3.63) is 58.3 Å². The summed E-state index contributed by atoms with van der Waals surface area (Å²) in [6.07, 6.45) is 3.00. The Morgan fingerprint density at radius 3 is 2.82 bits per heavy atom. The van der Waals surface area contributed by atoms with Crippen LogP contribution in [0, 0.1) is 11.3 Å². The number of aromatic amines is 1. The van der Waals surface area contributed by atoms with Gasteiger partial charge in [0.2, 0.25) is 5.95 Å². The van der Waals surface area contributed by atoms with Gasteiger partial charge in [-0.1, -0.05) is 12.1 Å². The number of benzene rings is 1. The number of hydrogen-bond donors (Lipinski definition) is 2. The second kappa shape index (κ2) is 5.88. The van der Waals surface area contributed by atoms with Gasteiger partial charge in [-0.3, -0.25) is 0 Å². The monoisotopic (exact) mass is 294 g/mol. The highest BCUT2D eigenvalue weighted by atomic mass is 16.4. The normalized spacial score (nSPS) is 10.1. The summed E-state index contributed by atoms with van der Waals surface area (Å²) in [6, 6.07) is 9.34. The number of nitrogens with one attached hydrogen (secondary N) is 2. The van der Waals surface area contributed by atoms with Gasteiger partial charge in [0, 0.05) is 18.9 Å². The Bertz CT molecular complexity index is 875. The summed E-state index contributed by atoms with van der Waals surface area (Å²) < 4.78 is 4.81. The molecule has 0 spiro atoms. The zero-order valence-corrected chi connectivity index (χ0v) is 11.3. The minimum Gasteiger partial charge on any atom is -0.388 e. The first-order valence-electron chi connectivity index (χ1n) is 6.35. The van der Waals surface area contributed by atoms with Crippen LogP contribution in [0.15, 0.2) is 45.9 Å². The molecule has 0 unspecified atom stereocenters. The smallest absolute Gasteiger partial charge is 0.388 e. The summed E-state index contributed by atoms with van der Waals surface area (Å²) >= 11 is 0. The van der Waals surface area contributed by atoms with Crippen molar-refractivity contribution in [1.82, 2.24) is 20.2 Å². The van der Waals surface area contributed by atoms with Gasteiger partial charge in [-0.05, 0) is 17.7 Å². The van der Waals surface area contributed by atoms with E-state index in [0.29, 0.717) is 23.6 Å². The molecule has 8 nitrogen and oxygen atoms in total. The fraction of sp³-hybridized carbons (Fsp3) is 0.0714. The van der Waals surface area contributed by atoms with Crippen molar-refractivity contribution in [3.8, 4) is 17.5 Å². The van der Waals surface area contributed by atoms with Gasteiger partial charge < -0.3 is 9.73 Å². The zero-order valence-electron chi connectivity index (χ0n) is 11.3. The Morgan fingerprint density at radius 2 is 2.14 bits per heavy atom. The van der Waals surface area contributed by atoms with Crippen molar-refractivity contribution in [2.24, 2.45) is 0 Å². The summed E-state index contributed by atoms with van der Waals surface area (Å²) in [5, 5.41) is 17.8. The summed E-state index contributed by atoms with van der Waals surface area (Å²) in [5.74, 6) is -0.0724. The van der Waals surface area contributed by atoms with Gasteiger partial charge in [0.05, 0.1) is 17.2 Å². The maximum absolute atomic E-state index is 10.9. The first kappa shape index (κ1) is 13.5. The number of nitrogens with zero attached hydrogens (tertiary/aromatic N) is 4. The number of nitriles is 1. The van der Waals surface area contributed by atoms with Gasteiger partial charge >= 0.3 is 5.76 Å². The van der Waals surface area contributed by atoms with E-state index >= 15 is 0 Å². The maximum Gasteiger partial charge on any atom is 0.434 e. The molecule has 8 heteroatoms. The van der Waals surface area contributed by atoms with Gasteiger partial charge in [-0.15, -0.1) is 5.10 Å². The van der Waals surface area contributed by atoms with Crippen molar-refractivity contribution in [2.75, 3.05) is 5.32 Å². The van der Waals surface area contributed by atoms with Crippen molar-refractivity contribution in [2.45, 2.75) is 6.54 Å². The first-order chi connectivity index (χ1) is 10.7. The lowest BCUT2D eigenvalue weighted by molar-refractivity contribution is 0.526. The molecule has 22 heavy (non-hydrogen) atoms. The summed E-state index contributed by atoms with van der Waals surface area (Å²) in [7, 11) is 0. The minimum atomic E-state index is -0.630. The average Bonchev–Trinajstić information content (AvgIpc) is 3.00. The topological polar surface area (TPSA) is 120 Å². The van der Waals surface area contributed by atoms with Crippen molar-refractivity contribution >= 4 is 5.95 Å². The highest BCUT2D eigenvalue weighted by Crippen LogP contribution is 2.13. The van der Waals surface area contributed by atoms with Crippen LogP contribution in [0.1, 0.15) is 11.1 Å². The molecule has 1 aromatic carbocycles. The van der Waals surface area contributed by atoms with Crippen molar-refractivity contribution in [3.63, 3.8) is 0 Å². The summed E-state index contributed by atoms with van der Waals surface area (Å²) in [4.78, 5) is 19.1. The minimum absolute atomic E-state index is 0.137. The van der Waals surface area contributed by atoms with Crippen molar-refractivity contribution in [1.29, 1.82) is 5.26 Å². The molecular weight excluding hydrogens is 284 g/mol. The molecule has 0 aliphatic carbocycles. The van der Waals surface area contributed by atoms with E-state index in [0.717, 1.165) is 5.56 Å². The zero-order chi connectivity index (χ0) is 15.4. The lowest BCUT2D eigenvalue weighted by Gasteiger charge is -2.05. The third-order valence-electron chi connectivity index (χ3n) is 2.84.